The van der Waals surface area contributed by atoms with Gasteiger partial charge in [-0.1, -0.05) is 0 Å². The molecule has 0 spiro atoms. The van der Waals surface area contributed by atoms with E-state index >= 15 is 0 Å². The van der Waals surface area contributed by atoms with Crippen LogP contribution < -0.4 is 14.8 Å². The molecule has 1 unspecified atom stereocenters. The molecule has 1 atom stereocenters. The van der Waals surface area contributed by atoms with Crippen molar-refractivity contribution in [2.75, 3.05) is 18.2 Å². The minimum atomic E-state index is -5.26. The topological polar surface area (TPSA) is 93.2 Å². The highest BCUT2D eigenvalue weighted by Gasteiger charge is 2.39. The first-order valence-corrected chi connectivity index (χ1v) is 12.1. The van der Waals surface area contributed by atoms with Crippen molar-refractivity contribution in [2.24, 2.45) is 0 Å². The predicted octanol–water partition coefficient (Wildman–Crippen LogP) is 4.36. The lowest BCUT2D eigenvalue weighted by molar-refractivity contribution is -0.171. The maximum absolute atomic E-state index is 14.6. The number of nitrogens with one attached hydrogen (secondary N) is 2. The Morgan fingerprint density at radius 2 is 1.81 bits per heavy atom. The van der Waals surface area contributed by atoms with Crippen molar-refractivity contribution >= 4 is 32.6 Å². The standard InChI is InChI=1S/C22H18F6N4O3S/c1-3-35-17-8-13(23)4-5-14(17)15-9-19(29-10-16(15)24)31-20-7-12(6-18(25)30-20)11-36(2,34)32-21(33)22(26,27)28/h4-11H,3H2,1-2H3,(H,29,30,31)(H,32,33,34). The number of anilines is 2. The van der Waals surface area contributed by atoms with Crippen LogP contribution in [-0.2, 0) is 14.5 Å². The third kappa shape index (κ3) is 6.87. The molecule has 2 aromatic heterocycles. The highest BCUT2D eigenvalue weighted by Crippen LogP contribution is 2.34. The third-order valence-corrected chi connectivity index (χ3v) is 5.69. The molecule has 0 saturated heterocycles. The molecule has 14 heteroatoms. The van der Waals surface area contributed by atoms with Crippen molar-refractivity contribution in [3.8, 4) is 16.9 Å². The number of halogens is 6. The molecule has 0 aliphatic rings. The zero-order chi connectivity index (χ0) is 26.7. The third-order valence-electron chi connectivity index (χ3n) is 4.38. The van der Waals surface area contributed by atoms with Crippen molar-refractivity contribution < 1.29 is 40.1 Å². The Labute approximate surface area is 201 Å². The molecule has 192 valence electrons. The number of rotatable bonds is 7. The van der Waals surface area contributed by atoms with Crippen LogP contribution in [0.25, 0.3) is 11.1 Å². The Morgan fingerprint density at radius 3 is 2.47 bits per heavy atom. The fourth-order valence-electron chi connectivity index (χ4n) is 3.02. The van der Waals surface area contributed by atoms with E-state index in [0.29, 0.717) is 0 Å². The van der Waals surface area contributed by atoms with E-state index in [1.54, 1.807) is 6.92 Å². The maximum Gasteiger partial charge on any atom is 0.472 e. The van der Waals surface area contributed by atoms with Crippen LogP contribution >= 0.6 is 0 Å². The van der Waals surface area contributed by atoms with E-state index in [-0.39, 0.29) is 40.7 Å². The SMILES string of the molecule is CCOc1cc(F)ccc1-c1cc(Nc2cc(C=S(C)(=O)NC(=O)C(F)(F)F)cc(F)n2)ncc1F. The number of carbonyl (C=O) groups excluding carboxylic acids is 1. The Balaban J connectivity index is 1.95. The Kier molecular flexibility index (Phi) is 7.77. The number of aromatic nitrogens is 2. The summed E-state index contributed by atoms with van der Waals surface area (Å²) in [7, 11) is -3.71. The van der Waals surface area contributed by atoms with E-state index in [9.17, 15) is 35.3 Å². The summed E-state index contributed by atoms with van der Waals surface area (Å²) in [6, 6.07) is 6.64. The van der Waals surface area contributed by atoms with Crippen LogP contribution in [0.4, 0.5) is 38.0 Å². The number of nitrogens with zero attached hydrogens (tertiary/aromatic N) is 2. The van der Waals surface area contributed by atoms with Gasteiger partial charge in [0.2, 0.25) is 5.95 Å². The lowest BCUT2D eigenvalue weighted by Crippen LogP contribution is -2.40. The second kappa shape index (κ2) is 10.4. The molecule has 2 heterocycles. The summed E-state index contributed by atoms with van der Waals surface area (Å²) in [5.74, 6) is -5.04. The van der Waals surface area contributed by atoms with Gasteiger partial charge in [0.25, 0.3) is 0 Å². The summed E-state index contributed by atoms with van der Waals surface area (Å²) >= 11 is 0. The van der Waals surface area contributed by atoms with Gasteiger partial charge in [0.1, 0.15) is 29.0 Å². The monoisotopic (exact) mass is 532 g/mol. The number of benzene rings is 1. The second-order valence-corrected chi connectivity index (χ2v) is 9.55. The largest absolute Gasteiger partial charge is 0.493 e. The minimum Gasteiger partial charge on any atom is -0.493 e. The summed E-state index contributed by atoms with van der Waals surface area (Å²) < 4.78 is 98.8. The fourth-order valence-corrected chi connectivity index (χ4v) is 4.22. The van der Waals surface area contributed by atoms with Crippen molar-refractivity contribution in [3.63, 3.8) is 0 Å². The number of pyridine rings is 2. The van der Waals surface area contributed by atoms with Crippen LogP contribution in [0.15, 0.2) is 42.6 Å². The van der Waals surface area contributed by atoms with Gasteiger partial charge in [0, 0.05) is 34.9 Å². The van der Waals surface area contributed by atoms with E-state index in [2.05, 4.69) is 15.3 Å². The molecule has 36 heavy (non-hydrogen) atoms. The molecule has 2 N–H and O–H groups in total. The zero-order valence-electron chi connectivity index (χ0n) is 18.6. The van der Waals surface area contributed by atoms with E-state index in [1.807, 2.05) is 0 Å². The number of ether oxygens (including phenoxy) is 1. The Hall–Kier alpha value is -3.81. The number of hydrogen-bond acceptors (Lipinski definition) is 6. The molecule has 1 aromatic carbocycles. The molecule has 3 rings (SSSR count). The summed E-state index contributed by atoms with van der Waals surface area (Å²) in [6.45, 7) is 1.85. The number of carbonyl (C=O) groups is 1. The summed E-state index contributed by atoms with van der Waals surface area (Å²) in [5, 5.41) is 3.35. The smallest absolute Gasteiger partial charge is 0.472 e. The van der Waals surface area contributed by atoms with Gasteiger partial charge >= 0.3 is 12.1 Å². The molecule has 0 radical (unpaired) electrons. The molecular weight excluding hydrogens is 514 g/mol. The first-order valence-electron chi connectivity index (χ1n) is 10.0. The summed E-state index contributed by atoms with van der Waals surface area (Å²) in [4.78, 5) is 18.5. The van der Waals surface area contributed by atoms with Gasteiger partial charge in [-0.05, 0) is 36.8 Å². The Morgan fingerprint density at radius 1 is 1.08 bits per heavy atom. The molecule has 1 amide bonds. The van der Waals surface area contributed by atoms with E-state index in [0.717, 1.165) is 42.1 Å². The first kappa shape index (κ1) is 26.8. The normalized spacial score (nSPS) is 13.0. The first-order chi connectivity index (χ1) is 16.8. The second-order valence-electron chi connectivity index (χ2n) is 7.31. The van der Waals surface area contributed by atoms with Gasteiger partial charge in [0.15, 0.2) is 0 Å². The fraction of sp³-hybridized carbons (Fsp3) is 0.182. The van der Waals surface area contributed by atoms with Gasteiger partial charge in [-0.3, -0.25) is 9.52 Å². The Bertz CT molecular complexity index is 1420. The number of alkyl halides is 3. The van der Waals surface area contributed by atoms with Crippen LogP contribution in [0.3, 0.4) is 0 Å². The van der Waals surface area contributed by atoms with E-state index in [4.69, 9.17) is 4.74 Å². The predicted molar refractivity (Wildman–Crippen MR) is 122 cm³/mol. The average molecular weight is 532 g/mol. The van der Waals surface area contributed by atoms with Crippen molar-refractivity contribution in [2.45, 2.75) is 13.1 Å². The zero-order valence-corrected chi connectivity index (χ0v) is 19.4. The van der Waals surface area contributed by atoms with Gasteiger partial charge < -0.3 is 10.1 Å². The van der Waals surface area contributed by atoms with Crippen LogP contribution in [0.1, 0.15) is 12.5 Å². The molecule has 0 fully saturated rings. The van der Waals surface area contributed by atoms with Crippen LogP contribution in [0.2, 0.25) is 0 Å². The average Bonchev–Trinajstić information content (AvgIpc) is 2.74. The molecule has 3 aromatic rings. The van der Waals surface area contributed by atoms with Crippen LogP contribution in [0.5, 0.6) is 5.75 Å². The molecule has 0 bridgehead atoms. The van der Waals surface area contributed by atoms with Gasteiger partial charge in [0.05, 0.1) is 22.5 Å². The minimum absolute atomic E-state index is 0.0226. The lowest BCUT2D eigenvalue weighted by atomic mass is 10.0. The molecule has 7 nitrogen and oxygen atoms in total. The summed E-state index contributed by atoms with van der Waals surface area (Å²) in [6.07, 6.45) is -3.58. The molecule has 0 saturated carbocycles. The van der Waals surface area contributed by atoms with Gasteiger partial charge in [-0.2, -0.15) is 17.6 Å². The highest BCUT2D eigenvalue weighted by atomic mass is 32.2. The molecule has 0 aliphatic heterocycles. The molecule has 0 aliphatic carbocycles. The van der Waals surface area contributed by atoms with Crippen molar-refractivity contribution in [1.29, 1.82) is 0 Å². The van der Waals surface area contributed by atoms with Gasteiger partial charge in [-0.25, -0.2) is 23.0 Å². The van der Waals surface area contributed by atoms with E-state index in [1.165, 1.54) is 16.9 Å². The quantitative estimate of drug-likeness (QED) is 0.267. The van der Waals surface area contributed by atoms with E-state index < -0.39 is 39.4 Å². The number of hydrogen-bond donors (Lipinski definition) is 2. The maximum atomic E-state index is 14.6. The van der Waals surface area contributed by atoms with Crippen molar-refractivity contribution in [1.82, 2.24) is 14.7 Å². The highest BCUT2D eigenvalue weighted by molar-refractivity contribution is 7.99. The molecular formula is C22H18F6N4O3S. The van der Waals surface area contributed by atoms with Crippen LogP contribution in [0, 0.1) is 17.6 Å². The number of amides is 1. The van der Waals surface area contributed by atoms with Crippen molar-refractivity contribution in [3.05, 3.63) is 65.7 Å². The van der Waals surface area contributed by atoms with Gasteiger partial charge in [-0.15, -0.1) is 0 Å². The summed E-state index contributed by atoms with van der Waals surface area (Å²) in [5.41, 5.74) is 0.0265. The lowest BCUT2D eigenvalue weighted by Gasteiger charge is -2.13. The van der Waals surface area contributed by atoms with Crippen LogP contribution in [-0.4, -0.2) is 44.5 Å².